The summed E-state index contributed by atoms with van der Waals surface area (Å²) in [5.74, 6) is 0.741. The Hall–Kier alpha value is -1.46. The zero-order valence-corrected chi connectivity index (χ0v) is 13.0. The molecule has 1 N–H and O–H groups in total. The maximum absolute atomic E-state index is 4.88. The Kier molecular flexibility index (Phi) is 5.49. The van der Waals surface area contributed by atoms with Crippen molar-refractivity contribution in [1.29, 1.82) is 0 Å². The summed E-state index contributed by atoms with van der Waals surface area (Å²) in [5, 5.41) is 2.97. The molecule has 0 fully saturated rings. The summed E-state index contributed by atoms with van der Waals surface area (Å²) >= 11 is 8.92. The van der Waals surface area contributed by atoms with E-state index in [9.17, 15) is 0 Å². The van der Waals surface area contributed by atoms with Gasteiger partial charge in [0.2, 0.25) is 0 Å². The van der Waals surface area contributed by atoms with Gasteiger partial charge in [-0.2, -0.15) is 0 Å². The second-order valence-corrected chi connectivity index (χ2v) is 5.68. The maximum atomic E-state index is 4.88. The van der Waals surface area contributed by atoms with Gasteiger partial charge in [-0.05, 0) is 42.7 Å². The molecule has 2 rings (SSSR count). The number of thiol groups is 1. The Balaban J connectivity index is 2.09. The van der Waals surface area contributed by atoms with Gasteiger partial charge in [0, 0.05) is 23.6 Å². The molecule has 0 unspecified atom stereocenters. The topological polar surface area (TPSA) is 37.8 Å². The minimum absolute atomic E-state index is 0.453. The number of hydrogen-bond acceptors (Lipinski definition) is 3. The number of aromatic nitrogens is 2. The lowest BCUT2D eigenvalue weighted by Gasteiger charge is -2.05. The fourth-order valence-electron chi connectivity index (χ4n) is 1.84. The van der Waals surface area contributed by atoms with Gasteiger partial charge in [0.05, 0.1) is 0 Å². The summed E-state index contributed by atoms with van der Waals surface area (Å²) in [6.07, 6.45) is 7.22. The van der Waals surface area contributed by atoms with Crippen LogP contribution in [-0.4, -0.2) is 14.3 Å². The number of unbranched alkanes of at least 4 members (excludes halogenated alkanes) is 1. The van der Waals surface area contributed by atoms with Crippen molar-refractivity contribution in [3.63, 3.8) is 0 Å². The molecule has 5 heteroatoms. The Morgan fingerprint density at radius 3 is 2.40 bits per heavy atom. The molecule has 0 aliphatic rings. The third-order valence-corrected chi connectivity index (χ3v) is 3.13. The summed E-state index contributed by atoms with van der Waals surface area (Å²) in [7, 11) is 0. The molecule has 0 bridgehead atoms. The van der Waals surface area contributed by atoms with Gasteiger partial charge in [-0.1, -0.05) is 25.6 Å². The van der Waals surface area contributed by atoms with Crippen molar-refractivity contribution in [3.05, 3.63) is 42.2 Å². The number of benzene rings is 1. The Bertz CT molecular complexity index is 565. The van der Waals surface area contributed by atoms with Gasteiger partial charge in [0.1, 0.15) is 4.32 Å². The zero-order valence-electron chi connectivity index (χ0n) is 11.3. The maximum Gasteiger partial charge on any atom is 0.159 e. The number of rotatable bonds is 5. The fourth-order valence-corrected chi connectivity index (χ4v) is 2.09. The van der Waals surface area contributed by atoms with Crippen LogP contribution in [0.4, 0.5) is 5.69 Å². The van der Waals surface area contributed by atoms with Gasteiger partial charge >= 0.3 is 0 Å². The molecule has 0 aliphatic carbocycles. The molecular formula is C15H17N3S2. The highest BCUT2D eigenvalue weighted by molar-refractivity contribution is 8.11. The lowest BCUT2D eigenvalue weighted by Crippen LogP contribution is -2.00. The highest BCUT2D eigenvalue weighted by Crippen LogP contribution is 2.18. The van der Waals surface area contributed by atoms with Gasteiger partial charge in [0.15, 0.2) is 5.82 Å². The van der Waals surface area contributed by atoms with E-state index in [1.165, 1.54) is 18.4 Å². The highest BCUT2D eigenvalue weighted by atomic mass is 32.1. The van der Waals surface area contributed by atoms with Crippen LogP contribution in [0, 0.1) is 0 Å². The van der Waals surface area contributed by atoms with Gasteiger partial charge in [0.25, 0.3) is 0 Å². The Labute approximate surface area is 130 Å². The number of nitrogens with one attached hydrogen (secondary N) is 1. The summed E-state index contributed by atoms with van der Waals surface area (Å²) in [6.45, 7) is 2.18. The van der Waals surface area contributed by atoms with Crippen molar-refractivity contribution in [3.8, 4) is 11.4 Å². The second-order valence-electron chi connectivity index (χ2n) is 4.53. The van der Waals surface area contributed by atoms with Gasteiger partial charge < -0.3 is 5.32 Å². The van der Waals surface area contributed by atoms with Gasteiger partial charge in [-0.3, -0.25) is 0 Å². The van der Waals surface area contributed by atoms with E-state index in [2.05, 4.69) is 34.8 Å². The first-order valence-corrected chi connectivity index (χ1v) is 7.46. The molecule has 0 aliphatic heterocycles. The lowest BCUT2D eigenvalue weighted by atomic mass is 10.1. The number of anilines is 1. The molecule has 0 saturated carbocycles. The minimum atomic E-state index is 0.453. The first-order chi connectivity index (χ1) is 9.69. The molecular weight excluding hydrogens is 286 g/mol. The molecule has 1 heterocycles. The van der Waals surface area contributed by atoms with Crippen LogP contribution in [0.5, 0.6) is 0 Å². The second kappa shape index (κ2) is 7.36. The molecule has 1 aromatic heterocycles. The molecule has 1 aromatic carbocycles. The summed E-state index contributed by atoms with van der Waals surface area (Å²) < 4.78 is 0.453. The first-order valence-electron chi connectivity index (χ1n) is 6.60. The van der Waals surface area contributed by atoms with E-state index >= 15 is 0 Å². The van der Waals surface area contributed by atoms with Crippen LogP contribution in [-0.2, 0) is 6.42 Å². The molecule has 0 saturated heterocycles. The Morgan fingerprint density at radius 2 is 1.85 bits per heavy atom. The number of nitrogens with zero attached hydrogens (tertiary/aromatic N) is 2. The smallest absolute Gasteiger partial charge is 0.159 e. The van der Waals surface area contributed by atoms with E-state index in [0.29, 0.717) is 4.32 Å². The van der Waals surface area contributed by atoms with Crippen LogP contribution in [0.1, 0.15) is 25.3 Å². The SMILES string of the molecule is CCCCc1cnc(-c2ccc(NC(=S)S)cc2)nc1. The van der Waals surface area contributed by atoms with Crippen molar-refractivity contribution in [2.24, 2.45) is 0 Å². The van der Waals surface area contributed by atoms with Crippen molar-refractivity contribution >= 4 is 34.9 Å². The van der Waals surface area contributed by atoms with Gasteiger partial charge in [-0.25, -0.2) is 9.97 Å². The molecule has 104 valence electrons. The van der Waals surface area contributed by atoms with Crippen LogP contribution in [0.25, 0.3) is 11.4 Å². The van der Waals surface area contributed by atoms with Crippen LogP contribution in [0.3, 0.4) is 0 Å². The third kappa shape index (κ3) is 4.28. The quantitative estimate of drug-likeness (QED) is 0.644. The van der Waals surface area contributed by atoms with Crippen LogP contribution in [0.2, 0.25) is 0 Å². The number of aryl methyl sites for hydroxylation is 1. The van der Waals surface area contributed by atoms with Crippen molar-refractivity contribution in [2.45, 2.75) is 26.2 Å². The van der Waals surface area contributed by atoms with E-state index in [1.54, 1.807) is 0 Å². The molecule has 0 spiro atoms. The van der Waals surface area contributed by atoms with Crippen LogP contribution < -0.4 is 5.32 Å². The van der Waals surface area contributed by atoms with Crippen molar-refractivity contribution < 1.29 is 0 Å². The predicted octanol–water partition coefficient (Wildman–Crippen LogP) is 4.11. The lowest BCUT2D eigenvalue weighted by molar-refractivity contribution is 0.788. The monoisotopic (exact) mass is 303 g/mol. The third-order valence-electron chi connectivity index (χ3n) is 2.92. The molecule has 20 heavy (non-hydrogen) atoms. The average Bonchev–Trinajstić information content (AvgIpc) is 2.46. The minimum Gasteiger partial charge on any atom is -0.341 e. The average molecular weight is 303 g/mol. The van der Waals surface area contributed by atoms with Crippen LogP contribution >= 0.6 is 24.8 Å². The van der Waals surface area contributed by atoms with E-state index < -0.39 is 0 Å². The fraction of sp³-hybridized carbons (Fsp3) is 0.267. The van der Waals surface area contributed by atoms with E-state index in [1.807, 2.05) is 36.7 Å². The summed E-state index contributed by atoms with van der Waals surface area (Å²) in [4.78, 5) is 8.84. The van der Waals surface area contributed by atoms with Gasteiger partial charge in [-0.15, -0.1) is 12.6 Å². The number of thiocarbonyl (C=S) groups is 1. The van der Waals surface area contributed by atoms with E-state index in [0.717, 1.165) is 23.5 Å². The standard InChI is InChI=1S/C15H17N3S2/c1-2-3-4-11-9-16-14(17-10-11)12-5-7-13(8-6-12)18-15(19)20/h5-10H,2-4H2,1H3,(H2,18,19,20). The summed E-state index contributed by atoms with van der Waals surface area (Å²) in [5.41, 5.74) is 3.09. The molecule has 0 radical (unpaired) electrons. The first kappa shape index (κ1) is 14.9. The highest BCUT2D eigenvalue weighted by Gasteiger charge is 2.02. The van der Waals surface area contributed by atoms with Crippen molar-refractivity contribution in [2.75, 3.05) is 5.32 Å². The van der Waals surface area contributed by atoms with Crippen molar-refractivity contribution in [1.82, 2.24) is 9.97 Å². The van der Waals surface area contributed by atoms with E-state index in [4.69, 9.17) is 12.2 Å². The Morgan fingerprint density at radius 1 is 1.20 bits per heavy atom. The largest absolute Gasteiger partial charge is 0.341 e. The molecule has 2 aromatic rings. The zero-order chi connectivity index (χ0) is 14.4. The van der Waals surface area contributed by atoms with E-state index in [-0.39, 0.29) is 0 Å². The molecule has 0 atom stereocenters. The van der Waals surface area contributed by atoms with Crippen LogP contribution in [0.15, 0.2) is 36.7 Å². The summed E-state index contributed by atoms with van der Waals surface area (Å²) in [6, 6.07) is 7.81. The molecule has 3 nitrogen and oxygen atoms in total. The molecule has 0 amide bonds. The normalized spacial score (nSPS) is 10.3. The number of hydrogen-bond donors (Lipinski definition) is 2. The predicted molar refractivity (Wildman–Crippen MR) is 91.3 cm³/mol.